The fourth-order valence-corrected chi connectivity index (χ4v) is 2.77. The maximum Gasteiger partial charge on any atom is 0.337 e. The van der Waals surface area contributed by atoms with Crippen molar-refractivity contribution in [1.29, 1.82) is 0 Å². The predicted molar refractivity (Wildman–Crippen MR) is 75.0 cm³/mol. The highest BCUT2D eigenvalue weighted by Gasteiger charge is 2.20. The van der Waals surface area contributed by atoms with Crippen molar-refractivity contribution in [3.63, 3.8) is 0 Å². The minimum absolute atomic E-state index is 0.374. The molecule has 0 radical (unpaired) electrons. The number of aryl methyl sites for hydroxylation is 1. The Bertz CT molecular complexity index is 453. The van der Waals surface area contributed by atoms with E-state index in [1.807, 2.05) is 20.0 Å². The number of carbonyl (C=O) groups is 1. The second-order valence-corrected chi connectivity index (χ2v) is 5.24. The molecule has 2 rings (SSSR count). The normalized spacial score (nSPS) is 19.2. The third-order valence-corrected chi connectivity index (χ3v) is 3.64. The molecular formula is C15H21NO3. The topological polar surface area (TPSA) is 49.8 Å². The molecule has 0 bridgehead atoms. The summed E-state index contributed by atoms with van der Waals surface area (Å²) in [6.07, 6.45) is 2.25. The number of ether oxygens (including phenoxy) is 1. The summed E-state index contributed by atoms with van der Waals surface area (Å²) >= 11 is 0. The molecule has 1 atom stereocenters. The van der Waals surface area contributed by atoms with Gasteiger partial charge in [-0.3, -0.25) is 0 Å². The maximum atomic E-state index is 11.3. The Morgan fingerprint density at radius 2 is 2.32 bits per heavy atom. The van der Waals surface area contributed by atoms with Crippen LogP contribution < -0.4 is 4.90 Å². The smallest absolute Gasteiger partial charge is 0.337 e. The molecule has 1 saturated heterocycles. The number of carboxylic acid groups (broad SMARTS) is 1. The third kappa shape index (κ3) is 3.26. The van der Waals surface area contributed by atoms with Crippen molar-refractivity contribution in [1.82, 2.24) is 0 Å². The monoisotopic (exact) mass is 263 g/mol. The summed E-state index contributed by atoms with van der Waals surface area (Å²) in [4.78, 5) is 13.4. The van der Waals surface area contributed by atoms with E-state index in [9.17, 15) is 9.90 Å². The van der Waals surface area contributed by atoms with Gasteiger partial charge < -0.3 is 14.7 Å². The Kier molecular flexibility index (Phi) is 4.43. The molecule has 19 heavy (non-hydrogen) atoms. The number of carboxylic acids is 1. The van der Waals surface area contributed by atoms with Crippen molar-refractivity contribution >= 4 is 11.7 Å². The van der Waals surface area contributed by atoms with Crippen LogP contribution in [0, 0.1) is 12.8 Å². The van der Waals surface area contributed by atoms with Crippen LogP contribution in [0.4, 0.5) is 5.69 Å². The highest BCUT2D eigenvalue weighted by Crippen LogP contribution is 2.26. The molecule has 4 nitrogen and oxygen atoms in total. The molecule has 1 aromatic carbocycles. The van der Waals surface area contributed by atoms with E-state index >= 15 is 0 Å². The van der Waals surface area contributed by atoms with Gasteiger partial charge in [0, 0.05) is 20.2 Å². The lowest BCUT2D eigenvalue weighted by Gasteiger charge is -2.30. The quantitative estimate of drug-likeness (QED) is 0.907. The van der Waals surface area contributed by atoms with Crippen LogP contribution in [0.2, 0.25) is 0 Å². The fraction of sp³-hybridized carbons (Fsp3) is 0.533. The number of aromatic carboxylic acids is 1. The highest BCUT2D eigenvalue weighted by atomic mass is 16.5. The maximum absolute atomic E-state index is 11.3. The van der Waals surface area contributed by atoms with Crippen molar-refractivity contribution < 1.29 is 14.6 Å². The molecule has 1 N–H and O–H groups in total. The zero-order chi connectivity index (χ0) is 13.8. The molecular weight excluding hydrogens is 242 g/mol. The Morgan fingerprint density at radius 3 is 2.95 bits per heavy atom. The predicted octanol–water partition coefficient (Wildman–Crippen LogP) is 2.56. The number of benzene rings is 1. The first kappa shape index (κ1) is 13.9. The minimum Gasteiger partial charge on any atom is -0.478 e. The van der Waals surface area contributed by atoms with Crippen LogP contribution in [0.25, 0.3) is 0 Å². The summed E-state index contributed by atoms with van der Waals surface area (Å²) in [5.74, 6) is -0.384. The van der Waals surface area contributed by atoms with Gasteiger partial charge in [-0.05, 0) is 37.3 Å². The summed E-state index contributed by atoms with van der Waals surface area (Å²) in [6, 6.07) is 5.41. The summed E-state index contributed by atoms with van der Waals surface area (Å²) in [5.41, 5.74) is 2.19. The van der Waals surface area contributed by atoms with Crippen molar-refractivity contribution in [3.05, 3.63) is 29.3 Å². The third-order valence-electron chi connectivity index (χ3n) is 3.64. The van der Waals surface area contributed by atoms with Gasteiger partial charge in [0.15, 0.2) is 0 Å². The number of nitrogens with zero attached hydrogens (tertiary/aromatic N) is 1. The molecule has 4 heteroatoms. The molecule has 1 heterocycles. The van der Waals surface area contributed by atoms with E-state index in [2.05, 4.69) is 4.90 Å². The van der Waals surface area contributed by atoms with Gasteiger partial charge in [-0.1, -0.05) is 12.1 Å². The van der Waals surface area contributed by atoms with E-state index in [-0.39, 0.29) is 0 Å². The molecule has 0 aromatic heterocycles. The van der Waals surface area contributed by atoms with Gasteiger partial charge in [0.2, 0.25) is 0 Å². The van der Waals surface area contributed by atoms with Crippen LogP contribution >= 0.6 is 0 Å². The molecule has 1 unspecified atom stereocenters. The first-order valence-electron chi connectivity index (χ1n) is 6.71. The molecule has 0 spiro atoms. The van der Waals surface area contributed by atoms with Crippen molar-refractivity contribution in [3.8, 4) is 0 Å². The van der Waals surface area contributed by atoms with Crippen LogP contribution in [0.15, 0.2) is 18.2 Å². The van der Waals surface area contributed by atoms with Gasteiger partial charge in [0.05, 0.1) is 17.9 Å². The number of rotatable bonds is 4. The first-order valence-corrected chi connectivity index (χ1v) is 6.71. The summed E-state index contributed by atoms with van der Waals surface area (Å²) in [6.45, 7) is 4.42. The van der Waals surface area contributed by atoms with Crippen LogP contribution in [0.3, 0.4) is 0 Å². The molecule has 1 aliphatic heterocycles. The van der Waals surface area contributed by atoms with E-state index in [4.69, 9.17) is 4.74 Å². The van der Waals surface area contributed by atoms with Crippen molar-refractivity contribution in [2.24, 2.45) is 5.92 Å². The summed E-state index contributed by atoms with van der Waals surface area (Å²) in [7, 11) is 1.96. The van der Waals surface area contributed by atoms with Gasteiger partial charge in [0.25, 0.3) is 0 Å². The van der Waals surface area contributed by atoms with E-state index in [1.54, 1.807) is 12.1 Å². The zero-order valence-electron chi connectivity index (χ0n) is 11.6. The first-order chi connectivity index (χ1) is 9.09. The average molecular weight is 263 g/mol. The molecule has 104 valence electrons. The number of hydrogen-bond acceptors (Lipinski definition) is 3. The van der Waals surface area contributed by atoms with E-state index in [1.165, 1.54) is 0 Å². The van der Waals surface area contributed by atoms with Crippen LogP contribution in [0.1, 0.15) is 28.8 Å². The van der Waals surface area contributed by atoms with Crippen LogP contribution in [-0.4, -0.2) is 37.9 Å². The summed E-state index contributed by atoms with van der Waals surface area (Å²) in [5, 5.41) is 9.29. The largest absolute Gasteiger partial charge is 0.478 e. The Morgan fingerprint density at radius 1 is 1.53 bits per heavy atom. The van der Waals surface area contributed by atoms with Gasteiger partial charge >= 0.3 is 5.97 Å². The van der Waals surface area contributed by atoms with Crippen LogP contribution in [-0.2, 0) is 4.74 Å². The molecule has 0 aliphatic carbocycles. The SMILES string of the molecule is Cc1cccc(C(=O)O)c1N(C)CC1CCCOC1. The second-order valence-electron chi connectivity index (χ2n) is 5.24. The Balaban J connectivity index is 2.17. The molecule has 1 aromatic rings. The number of hydrogen-bond donors (Lipinski definition) is 1. The van der Waals surface area contributed by atoms with Crippen LogP contribution in [0.5, 0.6) is 0 Å². The van der Waals surface area contributed by atoms with E-state index in [0.717, 1.165) is 43.9 Å². The highest BCUT2D eigenvalue weighted by molar-refractivity contribution is 5.95. The second kappa shape index (κ2) is 6.06. The van der Waals surface area contributed by atoms with Crippen molar-refractivity contribution in [2.75, 3.05) is 31.7 Å². The fourth-order valence-electron chi connectivity index (χ4n) is 2.77. The number of anilines is 1. The zero-order valence-corrected chi connectivity index (χ0v) is 11.6. The van der Waals surface area contributed by atoms with Gasteiger partial charge in [0.1, 0.15) is 0 Å². The average Bonchev–Trinajstić information content (AvgIpc) is 2.39. The van der Waals surface area contributed by atoms with Gasteiger partial charge in [-0.15, -0.1) is 0 Å². The van der Waals surface area contributed by atoms with Crippen molar-refractivity contribution in [2.45, 2.75) is 19.8 Å². The molecule has 0 saturated carbocycles. The van der Waals surface area contributed by atoms with Gasteiger partial charge in [-0.25, -0.2) is 4.79 Å². The molecule has 1 aliphatic rings. The lowest BCUT2D eigenvalue weighted by molar-refractivity contribution is 0.0576. The van der Waals surface area contributed by atoms with E-state index in [0.29, 0.717) is 11.5 Å². The Hall–Kier alpha value is -1.55. The van der Waals surface area contributed by atoms with Gasteiger partial charge in [-0.2, -0.15) is 0 Å². The lowest BCUT2D eigenvalue weighted by Crippen LogP contribution is -2.32. The molecule has 0 amide bonds. The summed E-state index contributed by atoms with van der Waals surface area (Å²) < 4.78 is 5.48. The molecule has 1 fully saturated rings. The van der Waals surface area contributed by atoms with E-state index < -0.39 is 5.97 Å². The number of para-hydroxylation sites is 1. The standard InChI is InChI=1S/C15H21NO3/c1-11-5-3-7-13(15(17)18)14(11)16(2)9-12-6-4-8-19-10-12/h3,5,7,12H,4,6,8-10H2,1-2H3,(H,17,18). The lowest BCUT2D eigenvalue weighted by atomic mass is 10.00. The Labute approximate surface area is 114 Å². The minimum atomic E-state index is -0.870.